The van der Waals surface area contributed by atoms with Crippen LogP contribution in [0.5, 0.6) is 5.75 Å². The number of rotatable bonds is 5. The first-order valence-electron chi connectivity index (χ1n) is 9.43. The Morgan fingerprint density at radius 2 is 2.08 bits per heavy atom. The average molecular weight is 365 g/mol. The predicted molar refractivity (Wildman–Crippen MR) is 101 cm³/mol. The highest BCUT2D eigenvalue weighted by atomic mass is 35.5. The van der Waals surface area contributed by atoms with Gasteiger partial charge in [-0.25, -0.2) is 0 Å². The van der Waals surface area contributed by atoms with Crippen molar-refractivity contribution in [3.05, 3.63) is 28.8 Å². The third-order valence-corrected chi connectivity index (χ3v) is 5.73. The van der Waals surface area contributed by atoms with Crippen LogP contribution in [0.4, 0.5) is 0 Å². The molecule has 1 saturated carbocycles. The quantitative estimate of drug-likeness (QED) is 0.868. The van der Waals surface area contributed by atoms with Gasteiger partial charge < -0.3 is 10.0 Å². The molecule has 1 saturated heterocycles. The number of aromatic hydroxyl groups is 1. The number of amides is 1. The van der Waals surface area contributed by atoms with E-state index in [0.717, 1.165) is 37.5 Å². The molecule has 0 bridgehead atoms. The number of phenols is 1. The van der Waals surface area contributed by atoms with Crippen molar-refractivity contribution in [2.45, 2.75) is 45.6 Å². The fourth-order valence-electron chi connectivity index (χ4n) is 3.73. The number of carbonyl (C=O) groups is 1. The van der Waals surface area contributed by atoms with E-state index in [1.165, 1.54) is 19.4 Å². The molecule has 1 heterocycles. The lowest BCUT2D eigenvalue weighted by Gasteiger charge is -2.34. The summed E-state index contributed by atoms with van der Waals surface area (Å²) in [5.74, 6) is 1.63. The van der Waals surface area contributed by atoms with Crippen LogP contribution in [0.15, 0.2) is 18.2 Å². The van der Waals surface area contributed by atoms with E-state index >= 15 is 0 Å². The van der Waals surface area contributed by atoms with Gasteiger partial charge in [0.1, 0.15) is 5.75 Å². The fraction of sp³-hybridized carbons (Fsp3) is 0.650. The van der Waals surface area contributed by atoms with Crippen LogP contribution in [0.1, 0.15) is 38.7 Å². The Balaban J connectivity index is 1.65. The standard InChI is InChI=1S/C20H29ClN2O2/c1-14(2)18-13-23(9-3-8-22(18)12-15-4-5-15)20(25)11-16-6-7-19(24)17(21)10-16/h6-7,10,14-15,18,24H,3-5,8-9,11-13H2,1-2H3. The van der Waals surface area contributed by atoms with Gasteiger partial charge in [-0.15, -0.1) is 0 Å². The van der Waals surface area contributed by atoms with Crippen molar-refractivity contribution in [2.24, 2.45) is 11.8 Å². The summed E-state index contributed by atoms with van der Waals surface area (Å²) in [6.45, 7) is 8.45. The Morgan fingerprint density at radius 1 is 1.32 bits per heavy atom. The van der Waals surface area contributed by atoms with Crippen molar-refractivity contribution in [1.29, 1.82) is 0 Å². The lowest BCUT2D eigenvalue weighted by Crippen LogP contribution is -2.46. The van der Waals surface area contributed by atoms with Crippen molar-refractivity contribution in [3.63, 3.8) is 0 Å². The van der Waals surface area contributed by atoms with Crippen LogP contribution in [0.25, 0.3) is 0 Å². The second-order valence-corrected chi connectivity index (χ2v) is 8.31. The highest BCUT2D eigenvalue weighted by Gasteiger charge is 2.33. The Kier molecular flexibility index (Phi) is 5.90. The fourth-order valence-corrected chi connectivity index (χ4v) is 3.93. The SMILES string of the molecule is CC(C)C1CN(C(=O)Cc2ccc(O)c(Cl)c2)CCCN1CC1CC1. The molecule has 5 heteroatoms. The molecule has 138 valence electrons. The maximum Gasteiger partial charge on any atom is 0.227 e. The zero-order valence-electron chi connectivity index (χ0n) is 15.2. The number of hydrogen-bond acceptors (Lipinski definition) is 3. The molecule has 1 aliphatic heterocycles. The molecule has 1 unspecified atom stereocenters. The van der Waals surface area contributed by atoms with Crippen LogP contribution < -0.4 is 0 Å². The molecule has 1 aliphatic carbocycles. The molecular weight excluding hydrogens is 336 g/mol. The van der Waals surface area contributed by atoms with Crippen LogP contribution in [-0.2, 0) is 11.2 Å². The summed E-state index contributed by atoms with van der Waals surface area (Å²) in [7, 11) is 0. The summed E-state index contributed by atoms with van der Waals surface area (Å²) in [5, 5.41) is 9.84. The van der Waals surface area contributed by atoms with Crippen LogP contribution >= 0.6 is 11.6 Å². The minimum atomic E-state index is 0.0585. The summed E-state index contributed by atoms with van der Waals surface area (Å²) >= 11 is 5.97. The van der Waals surface area contributed by atoms with Gasteiger partial charge in [0.05, 0.1) is 11.4 Å². The van der Waals surface area contributed by atoms with Crippen LogP contribution in [0.3, 0.4) is 0 Å². The van der Waals surface area contributed by atoms with Gasteiger partial charge in [-0.3, -0.25) is 9.69 Å². The molecule has 0 aromatic heterocycles. The van der Waals surface area contributed by atoms with E-state index < -0.39 is 0 Å². The molecule has 1 N–H and O–H groups in total. The molecule has 0 radical (unpaired) electrons. The molecule has 2 aliphatic rings. The van der Waals surface area contributed by atoms with Gasteiger partial charge in [0, 0.05) is 32.2 Å². The Hall–Kier alpha value is -1.26. The highest BCUT2D eigenvalue weighted by molar-refractivity contribution is 6.32. The first-order valence-corrected chi connectivity index (χ1v) is 9.81. The zero-order valence-corrected chi connectivity index (χ0v) is 16.0. The van der Waals surface area contributed by atoms with E-state index in [9.17, 15) is 9.90 Å². The normalized spacial score (nSPS) is 22.2. The van der Waals surface area contributed by atoms with Gasteiger partial charge in [-0.05, 0) is 48.8 Å². The minimum Gasteiger partial charge on any atom is -0.506 e. The van der Waals surface area contributed by atoms with Crippen LogP contribution in [-0.4, -0.2) is 53.0 Å². The van der Waals surface area contributed by atoms with Crippen molar-refractivity contribution in [1.82, 2.24) is 9.80 Å². The van der Waals surface area contributed by atoms with E-state index in [0.29, 0.717) is 23.4 Å². The number of nitrogens with zero attached hydrogens (tertiary/aromatic N) is 2. The molecule has 4 nitrogen and oxygen atoms in total. The molecular formula is C20H29ClN2O2. The maximum atomic E-state index is 12.8. The third kappa shape index (κ3) is 4.89. The van der Waals surface area contributed by atoms with Gasteiger partial charge in [0.15, 0.2) is 0 Å². The summed E-state index contributed by atoms with van der Waals surface area (Å²) in [5.41, 5.74) is 0.855. The summed E-state index contributed by atoms with van der Waals surface area (Å²) < 4.78 is 0. The van der Waals surface area contributed by atoms with Crippen molar-refractivity contribution < 1.29 is 9.90 Å². The molecule has 1 atom stereocenters. The molecule has 1 aromatic rings. The monoisotopic (exact) mass is 364 g/mol. The predicted octanol–water partition coefficient (Wildman–Crippen LogP) is 3.56. The first-order chi connectivity index (χ1) is 11.9. The van der Waals surface area contributed by atoms with Crippen molar-refractivity contribution in [2.75, 3.05) is 26.2 Å². The first kappa shape index (κ1) is 18.5. The van der Waals surface area contributed by atoms with Crippen LogP contribution in [0, 0.1) is 11.8 Å². The number of hydrogen-bond donors (Lipinski definition) is 1. The third-order valence-electron chi connectivity index (χ3n) is 5.43. The highest BCUT2D eigenvalue weighted by Crippen LogP contribution is 2.32. The number of phenolic OH excluding ortho intramolecular Hbond substituents is 1. The second-order valence-electron chi connectivity index (χ2n) is 7.91. The van der Waals surface area contributed by atoms with Gasteiger partial charge in [-0.1, -0.05) is 31.5 Å². The minimum absolute atomic E-state index is 0.0585. The summed E-state index contributed by atoms with van der Waals surface area (Å²) in [6.07, 6.45) is 4.11. The van der Waals surface area contributed by atoms with Gasteiger partial charge >= 0.3 is 0 Å². The van der Waals surface area contributed by atoms with Gasteiger partial charge in [-0.2, -0.15) is 0 Å². The topological polar surface area (TPSA) is 43.8 Å². The largest absolute Gasteiger partial charge is 0.506 e. The lowest BCUT2D eigenvalue weighted by atomic mass is 10.0. The number of benzene rings is 1. The Bertz CT molecular complexity index is 616. The second kappa shape index (κ2) is 7.96. The van der Waals surface area contributed by atoms with E-state index in [1.54, 1.807) is 18.2 Å². The Labute approximate surface area is 155 Å². The number of halogens is 1. The van der Waals surface area contributed by atoms with E-state index in [4.69, 9.17) is 11.6 Å². The van der Waals surface area contributed by atoms with Crippen molar-refractivity contribution in [3.8, 4) is 5.75 Å². The molecule has 2 fully saturated rings. The molecule has 25 heavy (non-hydrogen) atoms. The molecule has 3 rings (SSSR count). The number of carbonyl (C=O) groups excluding carboxylic acids is 1. The average Bonchev–Trinajstić information content (AvgIpc) is 3.38. The Morgan fingerprint density at radius 3 is 2.72 bits per heavy atom. The smallest absolute Gasteiger partial charge is 0.227 e. The zero-order chi connectivity index (χ0) is 18.0. The molecule has 0 spiro atoms. The summed E-state index contributed by atoms with van der Waals surface area (Å²) in [4.78, 5) is 17.5. The maximum absolute atomic E-state index is 12.8. The lowest BCUT2D eigenvalue weighted by molar-refractivity contribution is -0.131. The molecule has 1 aromatic carbocycles. The van der Waals surface area contributed by atoms with Gasteiger partial charge in [0.25, 0.3) is 0 Å². The van der Waals surface area contributed by atoms with E-state index in [-0.39, 0.29) is 11.7 Å². The van der Waals surface area contributed by atoms with E-state index in [2.05, 4.69) is 18.7 Å². The van der Waals surface area contributed by atoms with Gasteiger partial charge in [0.2, 0.25) is 5.91 Å². The van der Waals surface area contributed by atoms with E-state index in [1.807, 2.05) is 4.90 Å². The summed E-state index contributed by atoms with van der Waals surface area (Å²) in [6, 6.07) is 5.46. The molecule has 1 amide bonds. The van der Waals surface area contributed by atoms with Crippen molar-refractivity contribution >= 4 is 17.5 Å². The van der Waals surface area contributed by atoms with Crippen LogP contribution in [0.2, 0.25) is 5.02 Å².